The summed E-state index contributed by atoms with van der Waals surface area (Å²) in [7, 11) is 0. The van der Waals surface area contributed by atoms with E-state index in [2.05, 4.69) is 15.6 Å². The molecule has 0 aromatic heterocycles. The van der Waals surface area contributed by atoms with E-state index in [0.29, 0.717) is 0 Å². The third-order valence-corrected chi connectivity index (χ3v) is 1.45. The Balaban J connectivity index is 3.99. The maximum absolute atomic E-state index is 7.04. The van der Waals surface area contributed by atoms with Gasteiger partial charge in [0.15, 0.2) is 0 Å². The number of rotatable bonds is 2. The first-order valence-corrected chi connectivity index (χ1v) is 3.57. The summed E-state index contributed by atoms with van der Waals surface area (Å²) < 4.78 is 0.935. The van der Waals surface area contributed by atoms with Crippen molar-refractivity contribution < 1.29 is 0 Å². The average Bonchev–Trinajstić information content (AvgIpc) is 1.64. The Bertz CT molecular complexity index is 118. The van der Waals surface area contributed by atoms with E-state index >= 15 is 0 Å². The van der Waals surface area contributed by atoms with E-state index < -0.39 is 0 Å². The zero-order valence-electron chi connectivity index (χ0n) is 5.64. The standard InChI is InChI=1S/C5H11N3Se/c1-3-8(4(2)9)5(6)7/h3H2,1-2H3,(H3,6,7). The van der Waals surface area contributed by atoms with Crippen LogP contribution >= 0.6 is 0 Å². The van der Waals surface area contributed by atoms with Crippen LogP contribution in [0.1, 0.15) is 13.8 Å². The number of nitrogens with one attached hydrogen (secondary N) is 1. The fourth-order valence-electron chi connectivity index (χ4n) is 0.563. The number of guanidine groups is 1. The molecule has 0 aliphatic rings. The number of hydrogen-bond acceptors (Lipinski definition) is 1. The van der Waals surface area contributed by atoms with Crippen LogP contribution in [0, 0.1) is 5.41 Å². The molecule has 0 amide bonds. The predicted molar refractivity (Wildman–Crippen MR) is 40.7 cm³/mol. The Morgan fingerprint density at radius 1 is 1.78 bits per heavy atom. The van der Waals surface area contributed by atoms with Gasteiger partial charge in [0, 0.05) is 0 Å². The van der Waals surface area contributed by atoms with Crippen LogP contribution in [-0.4, -0.2) is 37.5 Å². The van der Waals surface area contributed by atoms with Gasteiger partial charge in [0.25, 0.3) is 0 Å². The van der Waals surface area contributed by atoms with E-state index in [0.717, 1.165) is 11.1 Å². The summed E-state index contributed by atoms with van der Waals surface area (Å²) in [6, 6.07) is 0. The van der Waals surface area contributed by atoms with E-state index in [1.165, 1.54) is 0 Å². The Labute approximate surface area is 63.1 Å². The molecule has 0 aromatic rings. The molecule has 0 aromatic carbocycles. The van der Waals surface area contributed by atoms with Crippen LogP contribution < -0.4 is 5.73 Å². The monoisotopic (exact) mass is 193 g/mol. The summed E-state index contributed by atoms with van der Waals surface area (Å²) in [5.41, 5.74) is 5.22. The molecule has 0 rings (SSSR count). The fraction of sp³-hybridized carbons (Fsp3) is 0.600. The van der Waals surface area contributed by atoms with Gasteiger partial charge in [0.05, 0.1) is 0 Å². The normalized spacial score (nSPS) is 8.67. The van der Waals surface area contributed by atoms with Gasteiger partial charge >= 0.3 is 62.5 Å². The van der Waals surface area contributed by atoms with E-state index in [9.17, 15) is 0 Å². The summed E-state index contributed by atoms with van der Waals surface area (Å²) in [5.74, 6) is 0.0914. The first-order valence-electron chi connectivity index (χ1n) is 2.71. The quantitative estimate of drug-likeness (QED) is 0.352. The van der Waals surface area contributed by atoms with Crippen molar-refractivity contribution in [2.75, 3.05) is 6.54 Å². The molecule has 0 atom stereocenters. The molecule has 0 spiro atoms. The molecule has 0 bridgehead atoms. The second-order valence-corrected chi connectivity index (χ2v) is 2.89. The van der Waals surface area contributed by atoms with Gasteiger partial charge in [-0.15, -0.1) is 0 Å². The Morgan fingerprint density at radius 2 is 2.22 bits per heavy atom. The summed E-state index contributed by atoms with van der Waals surface area (Å²) in [4.78, 5) is 1.68. The van der Waals surface area contributed by atoms with Gasteiger partial charge in [0.2, 0.25) is 0 Å². The molecular weight excluding hydrogens is 181 g/mol. The van der Waals surface area contributed by atoms with E-state index in [-0.39, 0.29) is 5.96 Å². The van der Waals surface area contributed by atoms with Gasteiger partial charge in [-0.25, -0.2) is 0 Å². The van der Waals surface area contributed by atoms with Crippen LogP contribution in [0.25, 0.3) is 0 Å². The Morgan fingerprint density at radius 3 is 2.22 bits per heavy atom. The van der Waals surface area contributed by atoms with E-state index in [1.807, 2.05) is 13.8 Å². The summed E-state index contributed by atoms with van der Waals surface area (Å²) in [6.45, 7) is 4.57. The second kappa shape index (κ2) is 3.64. The number of nitrogens with two attached hydrogens (primary N) is 1. The Kier molecular flexibility index (Phi) is 3.50. The van der Waals surface area contributed by atoms with Gasteiger partial charge in [0.1, 0.15) is 0 Å². The van der Waals surface area contributed by atoms with Gasteiger partial charge in [-0.05, 0) is 0 Å². The zero-order valence-corrected chi connectivity index (χ0v) is 7.35. The van der Waals surface area contributed by atoms with Crippen LogP contribution in [0.15, 0.2) is 0 Å². The van der Waals surface area contributed by atoms with Crippen molar-refractivity contribution in [3.05, 3.63) is 0 Å². The van der Waals surface area contributed by atoms with Gasteiger partial charge in [-0.1, -0.05) is 0 Å². The molecule has 0 aliphatic carbocycles. The number of nitrogens with zero attached hydrogens (tertiary/aromatic N) is 1. The molecule has 52 valence electrons. The third kappa shape index (κ3) is 2.63. The summed E-state index contributed by atoms with van der Waals surface area (Å²) >= 11 is 2.79. The number of hydrogen-bond donors (Lipinski definition) is 2. The van der Waals surface area contributed by atoms with Crippen molar-refractivity contribution in [3.8, 4) is 0 Å². The van der Waals surface area contributed by atoms with Crippen LogP contribution in [0.3, 0.4) is 0 Å². The molecule has 0 radical (unpaired) electrons. The molecule has 0 aliphatic heterocycles. The summed E-state index contributed by atoms with van der Waals surface area (Å²) in [6.07, 6.45) is 0. The first kappa shape index (κ1) is 8.66. The first-order chi connectivity index (χ1) is 4.09. The SMILES string of the molecule is CCN(C(=N)N)C(C)=[Se]. The van der Waals surface area contributed by atoms with Crippen LogP contribution in [0.2, 0.25) is 0 Å². The second-order valence-electron chi connectivity index (χ2n) is 1.65. The molecule has 0 saturated heterocycles. The molecule has 4 heteroatoms. The minimum absolute atomic E-state index is 0.0914. The van der Waals surface area contributed by atoms with E-state index in [4.69, 9.17) is 11.1 Å². The van der Waals surface area contributed by atoms with Crippen LogP contribution in [0.4, 0.5) is 0 Å². The molecule has 0 fully saturated rings. The van der Waals surface area contributed by atoms with Crippen molar-refractivity contribution in [3.63, 3.8) is 0 Å². The molecule has 0 saturated carbocycles. The van der Waals surface area contributed by atoms with Crippen molar-refractivity contribution in [1.29, 1.82) is 5.41 Å². The molecule has 0 unspecified atom stereocenters. The van der Waals surface area contributed by atoms with E-state index in [1.54, 1.807) is 4.90 Å². The molecule has 0 heterocycles. The fourth-order valence-corrected chi connectivity index (χ4v) is 1.04. The van der Waals surface area contributed by atoms with Gasteiger partial charge in [-0.2, -0.15) is 0 Å². The van der Waals surface area contributed by atoms with Gasteiger partial charge < -0.3 is 0 Å². The molecule has 3 nitrogen and oxygen atoms in total. The van der Waals surface area contributed by atoms with Gasteiger partial charge in [-0.3, -0.25) is 0 Å². The topological polar surface area (TPSA) is 53.1 Å². The zero-order chi connectivity index (χ0) is 7.44. The maximum atomic E-state index is 7.04. The van der Waals surface area contributed by atoms with Crippen molar-refractivity contribution in [1.82, 2.24) is 4.90 Å². The predicted octanol–water partition coefficient (Wildman–Crippen LogP) is -0.480. The van der Waals surface area contributed by atoms with Crippen molar-refractivity contribution >= 4 is 26.1 Å². The minimum atomic E-state index is 0.0914. The van der Waals surface area contributed by atoms with Crippen molar-refractivity contribution in [2.24, 2.45) is 5.73 Å². The van der Waals surface area contributed by atoms with Crippen LogP contribution in [0.5, 0.6) is 0 Å². The summed E-state index contributed by atoms with van der Waals surface area (Å²) in [5, 5.41) is 7.04. The van der Waals surface area contributed by atoms with Crippen molar-refractivity contribution in [2.45, 2.75) is 13.8 Å². The Hall–Kier alpha value is -0.341. The van der Waals surface area contributed by atoms with Crippen LogP contribution in [-0.2, 0) is 0 Å². The molecular formula is C5H11N3Se. The molecule has 3 N–H and O–H groups in total. The third-order valence-electron chi connectivity index (χ3n) is 0.987. The molecule has 9 heavy (non-hydrogen) atoms. The average molecular weight is 192 g/mol.